The largest absolute Gasteiger partial charge is 0.494 e. The quantitative estimate of drug-likeness (QED) is 0.185. The molecule has 1 saturated heterocycles. The first-order chi connectivity index (χ1) is 18.5. The van der Waals surface area contributed by atoms with Crippen LogP contribution in [-0.4, -0.2) is 61.6 Å². The highest BCUT2D eigenvalue weighted by molar-refractivity contribution is 5.89. The molecule has 2 atom stereocenters. The number of carbonyl (C=O) groups excluding carboxylic acids is 1. The van der Waals surface area contributed by atoms with Crippen molar-refractivity contribution in [2.45, 2.75) is 64.6 Å². The second-order valence-electron chi connectivity index (χ2n) is 10.2. The number of rotatable bonds is 13. The van der Waals surface area contributed by atoms with Gasteiger partial charge >= 0.3 is 5.97 Å². The summed E-state index contributed by atoms with van der Waals surface area (Å²) < 4.78 is 22.0. The summed E-state index contributed by atoms with van der Waals surface area (Å²) in [6.45, 7) is 8.39. The predicted molar refractivity (Wildman–Crippen MR) is 148 cm³/mol. The number of unbranched alkanes of at least 4 members (excludes halogenated alkanes) is 5. The Hall–Kier alpha value is -3.16. The maximum Gasteiger partial charge on any atom is 0.337 e. The average molecular weight is 521 g/mol. The molecule has 3 aromatic rings. The van der Waals surface area contributed by atoms with Crippen molar-refractivity contribution < 1.29 is 23.5 Å². The molecule has 2 unspecified atom stereocenters. The standard InChI is InChI=1S/C31H40N2O5/c1-23-21-33(22-24(2)37-23)18-8-6-4-5-7-9-19-36-28-16-14-26(15-17-28)30-20-29(32-38-30)25-10-12-27(13-11-25)31(34)35-3/h10-17,20,23-24H,4-9,18-19,21-22H2,1-3H3. The van der Waals surface area contributed by atoms with E-state index in [1.807, 2.05) is 42.5 Å². The number of aromatic nitrogens is 1. The Kier molecular flexibility index (Phi) is 10.4. The summed E-state index contributed by atoms with van der Waals surface area (Å²) in [5.41, 5.74) is 3.01. The normalized spacial score (nSPS) is 17.9. The summed E-state index contributed by atoms with van der Waals surface area (Å²) in [6.07, 6.45) is 8.10. The lowest BCUT2D eigenvalue weighted by Crippen LogP contribution is -2.45. The summed E-state index contributed by atoms with van der Waals surface area (Å²) in [5, 5.41) is 4.18. The van der Waals surface area contributed by atoms with Crippen LogP contribution in [0.1, 0.15) is 62.7 Å². The summed E-state index contributed by atoms with van der Waals surface area (Å²) in [5.74, 6) is 1.18. The molecule has 2 heterocycles. The molecule has 1 aliphatic rings. The summed E-state index contributed by atoms with van der Waals surface area (Å²) in [4.78, 5) is 14.2. The molecule has 0 saturated carbocycles. The van der Waals surface area contributed by atoms with Crippen LogP contribution in [0.3, 0.4) is 0 Å². The van der Waals surface area contributed by atoms with Gasteiger partial charge in [-0.25, -0.2) is 4.79 Å². The fraction of sp³-hybridized carbons (Fsp3) is 0.484. The SMILES string of the molecule is COC(=O)c1ccc(-c2cc(-c3ccc(OCCCCCCCCN4CC(C)OC(C)C4)cc3)on2)cc1. The minimum Gasteiger partial charge on any atom is -0.494 e. The van der Waals surface area contributed by atoms with Crippen molar-refractivity contribution in [2.75, 3.05) is 33.4 Å². The zero-order valence-corrected chi connectivity index (χ0v) is 22.9. The fourth-order valence-electron chi connectivity index (χ4n) is 4.96. The van der Waals surface area contributed by atoms with Gasteiger partial charge in [0.15, 0.2) is 5.76 Å². The Morgan fingerprint density at radius 1 is 0.895 bits per heavy atom. The summed E-state index contributed by atoms with van der Waals surface area (Å²) >= 11 is 0. The van der Waals surface area contributed by atoms with Gasteiger partial charge in [-0.3, -0.25) is 4.90 Å². The molecule has 1 fully saturated rings. The van der Waals surface area contributed by atoms with Crippen molar-refractivity contribution in [3.05, 3.63) is 60.2 Å². The van der Waals surface area contributed by atoms with Crippen molar-refractivity contribution in [3.63, 3.8) is 0 Å². The Morgan fingerprint density at radius 2 is 1.53 bits per heavy atom. The molecular formula is C31H40N2O5. The van der Waals surface area contributed by atoms with Gasteiger partial charge in [0.05, 0.1) is 31.5 Å². The van der Waals surface area contributed by atoms with E-state index in [2.05, 4.69) is 23.9 Å². The molecule has 0 radical (unpaired) electrons. The maximum absolute atomic E-state index is 11.6. The van der Waals surface area contributed by atoms with Gasteiger partial charge in [0.1, 0.15) is 11.4 Å². The minimum atomic E-state index is -0.362. The second kappa shape index (κ2) is 14.1. The van der Waals surface area contributed by atoms with Gasteiger partial charge < -0.3 is 18.7 Å². The van der Waals surface area contributed by atoms with E-state index in [0.717, 1.165) is 43.0 Å². The topological polar surface area (TPSA) is 74.0 Å². The Bertz CT molecular complexity index is 1120. The van der Waals surface area contributed by atoms with E-state index in [0.29, 0.717) is 29.2 Å². The molecule has 1 aromatic heterocycles. The monoisotopic (exact) mass is 520 g/mol. The van der Waals surface area contributed by atoms with Crippen molar-refractivity contribution in [3.8, 4) is 28.3 Å². The van der Waals surface area contributed by atoms with Gasteiger partial charge in [0.25, 0.3) is 0 Å². The van der Waals surface area contributed by atoms with Crippen LogP contribution in [0.2, 0.25) is 0 Å². The molecule has 0 spiro atoms. The third-order valence-electron chi connectivity index (χ3n) is 6.88. The van der Waals surface area contributed by atoms with Crippen molar-refractivity contribution in [1.29, 1.82) is 0 Å². The Morgan fingerprint density at radius 3 is 2.21 bits per heavy atom. The molecule has 38 heavy (non-hydrogen) atoms. The van der Waals surface area contributed by atoms with Crippen LogP contribution in [0.5, 0.6) is 5.75 Å². The van der Waals surface area contributed by atoms with E-state index in [1.54, 1.807) is 12.1 Å². The van der Waals surface area contributed by atoms with E-state index in [4.69, 9.17) is 18.7 Å². The lowest BCUT2D eigenvalue weighted by atomic mass is 10.1. The van der Waals surface area contributed by atoms with E-state index >= 15 is 0 Å². The Labute approximate surface area is 226 Å². The van der Waals surface area contributed by atoms with E-state index in [-0.39, 0.29) is 5.97 Å². The molecule has 7 heteroatoms. The first-order valence-corrected chi connectivity index (χ1v) is 13.8. The van der Waals surface area contributed by atoms with E-state index in [1.165, 1.54) is 45.8 Å². The molecule has 2 aromatic carbocycles. The maximum atomic E-state index is 11.6. The van der Waals surface area contributed by atoms with Crippen molar-refractivity contribution in [2.24, 2.45) is 0 Å². The van der Waals surface area contributed by atoms with Gasteiger partial charge in [-0.15, -0.1) is 0 Å². The van der Waals surface area contributed by atoms with Crippen LogP contribution < -0.4 is 4.74 Å². The van der Waals surface area contributed by atoms with Gasteiger partial charge in [-0.2, -0.15) is 0 Å². The fourth-order valence-corrected chi connectivity index (χ4v) is 4.96. The third kappa shape index (κ3) is 8.17. The molecule has 0 bridgehead atoms. The number of methoxy groups -OCH3 is 1. The van der Waals surface area contributed by atoms with Crippen molar-refractivity contribution in [1.82, 2.24) is 10.1 Å². The highest BCUT2D eigenvalue weighted by Crippen LogP contribution is 2.28. The average Bonchev–Trinajstić information content (AvgIpc) is 3.42. The molecule has 0 aliphatic carbocycles. The molecule has 0 amide bonds. The van der Waals surface area contributed by atoms with Crippen LogP contribution >= 0.6 is 0 Å². The molecular weight excluding hydrogens is 480 g/mol. The lowest BCUT2D eigenvalue weighted by molar-refractivity contribution is -0.0681. The number of carbonyl (C=O) groups is 1. The van der Waals surface area contributed by atoms with Crippen LogP contribution in [0.15, 0.2) is 59.1 Å². The number of hydrogen-bond acceptors (Lipinski definition) is 7. The first kappa shape index (κ1) is 27.9. The van der Waals surface area contributed by atoms with Crippen molar-refractivity contribution >= 4 is 5.97 Å². The highest BCUT2D eigenvalue weighted by atomic mass is 16.5. The first-order valence-electron chi connectivity index (χ1n) is 13.8. The van der Waals surface area contributed by atoms with Gasteiger partial charge in [0, 0.05) is 30.3 Å². The van der Waals surface area contributed by atoms with E-state index in [9.17, 15) is 4.79 Å². The molecule has 204 valence electrons. The molecule has 0 N–H and O–H groups in total. The number of morpholine rings is 1. The number of nitrogens with zero attached hydrogens (tertiary/aromatic N) is 2. The molecule has 1 aliphatic heterocycles. The van der Waals surface area contributed by atoms with Crippen LogP contribution in [0.25, 0.3) is 22.6 Å². The van der Waals surface area contributed by atoms with Crippen LogP contribution in [0.4, 0.5) is 0 Å². The Balaban J connectivity index is 1.11. The van der Waals surface area contributed by atoms with Crippen LogP contribution in [-0.2, 0) is 9.47 Å². The number of benzene rings is 2. The predicted octanol–water partition coefficient (Wildman–Crippen LogP) is 6.62. The van der Waals surface area contributed by atoms with E-state index < -0.39 is 0 Å². The highest BCUT2D eigenvalue weighted by Gasteiger charge is 2.21. The zero-order chi connectivity index (χ0) is 26.7. The minimum absolute atomic E-state index is 0.357. The van der Waals surface area contributed by atoms with Gasteiger partial charge in [-0.05, 0) is 69.6 Å². The third-order valence-corrected chi connectivity index (χ3v) is 6.88. The molecule has 7 nitrogen and oxygen atoms in total. The zero-order valence-electron chi connectivity index (χ0n) is 22.9. The molecule has 4 rings (SSSR count). The summed E-state index contributed by atoms with van der Waals surface area (Å²) in [6, 6.07) is 16.9. The number of hydrogen-bond donors (Lipinski definition) is 0. The second-order valence-corrected chi connectivity index (χ2v) is 10.2. The van der Waals surface area contributed by atoms with Gasteiger partial charge in [-0.1, -0.05) is 43.0 Å². The number of esters is 1. The van der Waals surface area contributed by atoms with Gasteiger partial charge in [0.2, 0.25) is 0 Å². The summed E-state index contributed by atoms with van der Waals surface area (Å²) in [7, 11) is 1.37. The number of ether oxygens (including phenoxy) is 3. The van der Waals surface area contributed by atoms with Crippen LogP contribution in [0, 0.1) is 0 Å². The lowest BCUT2D eigenvalue weighted by Gasteiger charge is -2.35. The smallest absolute Gasteiger partial charge is 0.337 e.